The Kier molecular flexibility index (Phi) is 6.63. The van der Waals surface area contributed by atoms with E-state index in [1.807, 2.05) is 37.8 Å². The molecule has 2 heterocycles. The van der Waals surface area contributed by atoms with E-state index in [4.69, 9.17) is 9.47 Å². The Balaban J connectivity index is 1.40. The number of nitrogens with zero attached hydrogens (tertiary/aromatic N) is 3. The molecular formula is C20H30BrN3O3. The maximum atomic E-state index is 12.2. The molecule has 0 spiro atoms. The molecule has 1 saturated carbocycles. The number of aromatic nitrogens is 1. The average molecular weight is 440 g/mol. The van der Waals surface area contributed by atoms with Crippen LogP contribution in [0.5, 0.6) is 5.88 Å². The standard InChI is InChI=1S/C20H30BrN3O3/c1-20(2,3)27-19(25)24-12-10-23(11-13-24)16-5-7-17(8-6-16)26-18-9-4-15(21)14-22-18/h4,9,14,16-17H,5-8,10-13H2,1-3H3. The van der Waals surface area contributed by atoms with Crippen LogP contribution in [0.4, 0.5) is 4.79 Å². The van der Waals surface area contributed by atoms with E-state index in [9.17, 15) is 4.79 Å². The topological polar surface area (TPSA) is 54.9 Å². The van der Waals surface area contributed by atoms with Gasteiger partial charge in [-0.15, -0.1) is 0 Å². The number of amides is 1. The monoisotopic (exact) mass is 439 g/mol. The first kappa shape index (κ1) is 20.4. The molecule has 1 aromatic rings. The second kappa shape index (κ2) is 8.78. The Labute approximate surface area is 170 Å². The third-order valence-electron chi connectivity index (χ3n) is 5.11. The van der Waals surface area contributed by atoms with Gasteiger partial charge in [-0.1, -0.05) is 0 Å². The molecule has 1 aliphatic carbocycles. The van der Waals surface area contributed by atoms with E-state index in [-0.39, 0.29) is 12.2 Å². The number of hydrogen-bond acceptors (Lipinski definition) is 5. The Morgan fingerprint density at radius 3 is 2.33 bits per heavy atom. The maximum Gasteiger partial charge on any atom is 0.410 e. The summed E-state index contributed by atoms with van der Waals surface area (Å²) in [4.78, 5) is 20.8. The van der Waals surface area contributed by atoms with Crippen molar-refractivity contribution in [2.45, 2.75) is 64.2 Å². The lowest BCUT2D eigenvalue weighted by atomic mass is 9.91. The summed E-state index contributed by atoms with van der Waals surface area (Å²) in [5.41, 5.74) is -0.434. The summed E-state index contributed by atoms with van der Waals surface area (Å²) in [5.74, 6) is 0.702. The van der Waals surface area contributed by atoms with Crippen molar-refractivity contribution in [1.29, 1.82) is 0 Å². The number of piperazine rings is 1. The van der Waals surface area contributed by atoms with Gasteiger partial charge in [-0.25, -0.2) is 9.78 Å². The summed E-state index contributed by atoms with van der Waals surface area (Å²) in [6.45, 7) is 9.05. The van der Waals surface area contributed by atoms with E-state index in [1.165, 1.54) is 0 Å². The molecule has 1 amide bonds. The number of halogens is 1. The average Bonchev–Trinajstić information content (AvgIpc) is 2.63. The highest BCUT2D eigenvalue weighted by molar-refractivity contribution is 9.10. The molecule has 7 heteroatoms. The Hall–Kier alpha value is -1.34. The van der Waals surface area contributed by atoms with Crippen molar-refractivity contribution in [1.82, 2.24) is 14.8 Å². The predicted octanol–water partition coefficient (Wildman–Crippen LogP) is 4.09. The van der Waals surface area contributed by atoms with Gasteiger partial charge in [0, 0.05) is 49.0 Å². The summed E-state index contributed by atoms with van der Waals surface area (Å²) in [5, 5.41) is 0. The van der Waals surface area contributed by atoms with Gasteiger partial charge in [0.2, 0.25) is 5.88 Å². The van der Waals surface area contributed by atoms with Crippen LogP contribution in [0.1, 0.15) is 46.5 Å². The first-order valence-corrected chi connectivity index (χ1v) is 10.6. The highest BCUT2D eigenvalue weighted by atomic mass is 79.9. The number of ether oxygens (including phenoxy) is 2. The van der Waals surface area contributed by atoms with Gasteiger partial charge in [0.25, 0.3) is 0 Å². The summed E-state index contributed by atoms with van der Waals surface area (Å²) >= 11 is 3.39. The summed E-state index contributed by atoms with van der Waals surface area (Å²) in [6, 6.07) is 4.45. The van der Waals surface area contributed by atoms with E-state index >= 15 is 0 Å². The van der Waals surface area contributed by atoms with Crippen molar-refractivity contribution in [3.05, 3.63) is 22.8 Å². The molecule has 2 aliphatic rings. The quantitative estimate of drug-likeness (QED) is 0.709. The zero-order valence-corrected chi connectivity index (χ0v) is 18.1. The van der Waals surface area contributed by atoms with Gasteiger partial charge in [-0.3, -0.25) is 4.90 Å². The van der Waals surface area contributed by atoms with Crippen molar-refractivity contribution < 1.29 is 14.3 Å². The minimum Gasteiger partial charge on any atom is -0.474 e. The molecule has 1 aromatic heterocycles. The number of carbonyl (C=O) groups excluding carboxylic acids is 1. The highest BCUT2D eigenvalue weighted by Crippen LogP contribution is 2.27. The molecule has 0 atom stereocenters. The van der Waals surface area contributed by atoms with Crippen LogP contribution in [0.2, 0.25) is 0 Å². The predicted molar refractivity (Wildman–Crippen MR) is 108 cm³/mol. The lowest BCUT2D eigenvalue weighted by molar-refractivity contribution is 0.00504. The Morgan fingerprint density at radius 1 is 1.11 bits per heavy atom. The van der Waals surface area contributed by atoms with Gasteiger partial charge in [-0.2, -0.15) is 0 Å². The van der Waals surface area contributed by atoms with Gasteiger partial charge in [-0.05, 0) is 68.5 Å². The third kappa shape index (κ3) is 6.07. The van der Waals surface area contributed by atoms with Crippen molar-refractivity contribution >= 4 is 22.0 Å². The highest BCUT2D eigenvalue weighted by Gasteiger charge is 2.31. The lowest BCUT2D eigenvalue weighted by Crippen LogP contribution is -2.53. The number of hydrogen-bond donors (Lipinski definition) is 0. The minimum atomic E-state index is -0.434. The fourth-order valence-electron chi connectivity index (χ4n) is 3.73. The molecule has 6 nitrogen and oxygen atoms in total. The molecule has 2 fully saturated rings. The summed E-state index contributed by atoms with van der Waals surface area (Å²) in [6.07, 6.45) is 6.19. The molecule has 0 bridgehead atoms. The molecule has 0 aromatic carbocycles. The van der Waals surface area contributed by atoms with E-state index in [1.54, 1.807) is 6.20 Å². The molecule has 3 rings (SSSR count). The second-order valence-electron chi connectivity index (χ2n) is 8.37. The molecule has 150 valence electrons. The maximum absolute atomic E-state index is 12.2. The van der Waals surface area contributed by atoms with Crippen LogP contribution >= 0.6 is 15.9 Å². The molecule has 27 heavy (non-hydrogen) atoms. The summed E-state index contributed by atoms with van der Waals surface area (Å²) in [7, 11) is 0. The van der Waals surface area contributed by atoms with Crippen molar-refractivity contribution in [3.63, 3.8) is 0 Å². The molecule has 1 saturated heterocycles. The van der Waals surface area contributed by atoms with Gasteiger partial charge in [0.05, 0.1) is 0 Å². The molecule has 1 aliphatic heterocycles. The van der Waals surface area contributed by atoms with Crippen LogP contribution in [0, 0.1) is 0 Å². The van der Waals surface area contributed by atoms with Crippen LogP contribution in [0.25, 0.3) is 0 Å². The van der Waals surface area contributed by atoms with E-state index in [0.29, 0.717) is 11.9 Å². The van der Waals surface area contributed by atoms with Crippen LogP contribution < -0.4 is 4.74 Å². The van der Waals surface area contributed by atoms with Gasteiger partial charge in [0.1, 0.15) is 11.7 Å². The SMILES string of the molecule is CC(C)(C)OC(=O)N1CCN(C2CCC(Oc3ccc(Br)cn3)CC2)CC1. The summed E-state index contributed by atoms with van der Waals surface area (Å²) < 4.78 is 12.5. The van der Waals surface area contributed by atoms with Crippen LogP contribution in [0.15, 0.2) is 22.8 Å². The van der Waals surface area contributed by atoms with Gasteiger partial charge >= 0.3 is 6.09 Å². The van der Waals surface area contributed by atoms with Crippen molar-refractivity contribution in [3.8, 4) is 5.88 Å². The molecular weight excluding hydrogens is 410 g/mol. The first-order chi connectivity index (χ1) is 12.8. The minimum absolute atomic E-state index is 0.193. The number of rotatable bonds is 3. The largest absolute Gasteiger partial charge is 0.474 e. The zero-order valence-electron chi connectivity index (χ0n) is 16.5. The van der Waals surface area contributed by atoms with Gasteiger partial charge in [0.15, 0.2) is 0 Å². The fourth-order valence-corrected chi connectivity index (χ4v) is 3.96. The Morgan fingerprint density at radius 2 is 1.78 bits per heavy atom. The molecule has 0 N–H and O–H groups in total. The van der Waals surface area contributed by atoms with Crippen LogP contribution in [-0.2, 0) is 4.74 Å². The van der Waals surface area contributed by atoms with Crippen molar-refractivity contribution in [2.24, 2.45) is 0 Å². The number of pyridine rings is 1. The van der Waals surface area contributed by atoms with Crippen molar-refractivity contribution in [2.75, 3.05) is 26.2 Å². The number of carbonyl (C=O) groups is 1. The first-order valence-electron chi connectivity index (χ1n) is 9.80. The van der Waals surface area contributed by atoms with E-state index in [0.717, 1.165) is 56.3 Å². The van der Waals surface area contributed by atoms with Crippen LogP contribution in [-0.4, -0.2) is 64.8 Å². The van der Waals surface area contributed by atoms with Crippen LogP contribution in [0.3, 0.4) is 0 Å². The van der Waals surface area contributed by atoms with E-state index < -0.39 is 5.60 Å². The third-order valence-corrected chi connectivity index (χ3v) is 5.58. The zero-order chi connectivity index (χ0) is 19.4. The second-order valence-corrected chi connectivity index (χ2v) is 9.28. The normalized spacial score (nSPS) is 24.5. The smallest absolute Gasteiger partial charge is 0.410 e. The van der Waals surface area contributed by atoms with Gasteiger partial charge < -0.3 is 14.4 Å². The fraction of sp³-hybridized carbons (Fsp3) is 0.700. The molecule has 0 unspecified atom stereocenters. The van der Waals surface area contributed by atoms with E-state index in [2.05, 4.69) is 25.8 Å². The lowest BCUT2D eigenvalue weighted by Gasteiger charge is -2.41. The Bertz CT molecular complexity index is 616. The molecule has 0 radical (unpaired) electrons.